The summed E-state index contributed by atoms with van der Waals surface area (Å²) in [5, 5.41) is 9.56. The summed E-state index contributed by atoms with van der Waals surface area (Å²) in [6, 6.07) is 0.997. The third-order valence-corrected chi connectivity index (χ3v) is 2.31. The molecule has 1 aromatic rings. The molecular weight excluding hydrogens is 262 g/mol. The molecule has 0 bridgehead atoms. The van der Waals surface area contributed by atoms with E-state index in [2.05, 4.69) is 0 Å². The number of alkyl halides is 6. The topological polar surface area (TPSA) is 20.2 Å². The van der Waals surface area contributed by atoms with Gasteiger partial charge in [0.2, 0.25) is 0 Å². The van der Waals surface area contributed by atoms with Crippen LogP contribution < -0.4 is 0 Å². The quantitative estimate of drug-likeness (QED) is 0.767. The number of benzene rings is 1. The normalized spacial score (nSPS) is 13.8. The van der Waals surface area contributed by atoms with Crippen molar-refractivity contribution in [1.29, 1.82) is 0 Å². The second-order valence-corrected chi connectivity index (χ2v) is 4.31. The molecular formula is C11H10F6O. The van der Waals surface area contributed by atoms with E-state index in [9.17, 15) is 31.4 Å². The second kappa shape index (κ2) is 4.15. The van der Waals surface area contributed by atoms with Gasteiger partial charge in [0, 0.05) is 0 Å². The van der Waals surface area contributed by atoms with E-state index in [0.29, 0.717) is 18.2 Å². The Morgan fingerprint density at radius 2 is 1.33 bits per heavy atom. The maximum Gasteiger partial charge on any atom is 0.416 e. The van der Waals surface area contributed by atoms with Crippen LogP contribution in [0, 0.1) is 0 Å². The van der Waals surface area contributed by atoms with Gasteiger partial charge in [-0.3, -0.25) is 0 Å². The van der Waals surface area contributed by atoms with E-state index in [1.54, 1.807) is 0 Å². The third-order valence-electron chi connectivity index (χ3n) is 2.31. The average Bonchev–Trinajstić information content (AvgIpc) is 2.12. The highest BCUT2D eigenvalue weighted by Crippen LogP contribution is 2.39. The first-order valence-corrected chi connectivity index (χ1v) is 4.85. The number of hydrogen-bond donors (Lipinski definition) is 1. The summed E-state index contributed by atoms with van der Waals surface area (Å²) < 4.78 is 75.1. The lowest BCUT2D eigenvalue weighted by molar-refractivity contribution is -0.143. The largest absolute Gasteiger partial charge is 0.416 e. The van der Waals surface area contributed by atoms with E-state index in [4.69, 9.17) is 0 Å². The van der Waals surface area contributed by atoms with Gasteiger partial charge in [0.25, 0.3) is 0 Å². The molecule has 18 heavy (non-hydrogen) atoms. The minimum absolute atomic E-state index is 0.322. The molecule has 1 N–H and O–H groups in total. The molecule has 1 nitrogen and oxygen atoms in total. The van der Waals surface area contributed by atoms with Crippen molar-refractivity contribution in [2.75, 3.05) is 0 Å². The van der Waals surface area contributed by atoms with E-state index in [1.165, 1.54) is 0 Å². The molecule has 0 saturated heterocycles. The Hall–Kier alpha value is -1.24. The monoisotopic (exact) mass is 272 g/mol. The fourth-order valence-electron chi connectivity index (χ4n) is 1.47. The fourth-order valence-corrected chi connectivity index (χ4v) is 1.47. The van der Waals surface area contributed by atoms with Crippen LogP contribution in [-0.2, 0) is 18.0 Å². The maximum absolute atomic E-state index is 12.6. The van der Waals surface area contributed by atoms with E-state index in [-0.39, 0.29) is 0 Å². The molecule has 0 atom stereocenters. The molecule has 0 radical (unpaired) electrons. The number of rotatable bonds is 1. The van der Waals surface area contributed by atoms with Gasteiger partial charge in [0.15, 0.2) is 0 Å². The van der Waals surface area contributed by atoms with Crippen LogP contribution in [0.1, 0.15) is 30.5 Å². The molecule has 0 fully saturated rings. The van der Waals surface area contributed by atoms with Crippen molar-refractivity contribution >= 4 is 0 Å². The Kier molecular flexibility index (Phi) is 3.42. The molecule has 0 heterocycles. The zero-order valence-corrected chi connectivity index (χ0v) is 9.45. The summed E-state index contributed by atoms with van der Waals surface area (Å²) >= 11 is 0. The fraction of sp³-hybridized carbons (Fsp3) is 0.455. The molecule has 0 aliphatic carbocycles. The standard InChI is InChI=1S/C11H10F6O/c1-9(2,18)8-5-6(10(12,13)14)3-4-7(8)11(15,16)17/h3-5,18H,1-2H3. The molecule has 7 heteroatoms. The van der Waals surface area contributed by atoms with Crippen molar-refractivity contribution in [3.63, 3.8) is 0 Å². The molecule has 0 unspecified atom stereocenters. The smallest absolute Gasteiger partial charge is 0.386 e. The third kappa shape index (κ3) is 3.16. The lowest BCUT2D eigenvalue weighted by Gasteiger charge is -2.24. The van der Waals surface area contributed by atoms with Crippen LogP contribution in [0.3, 0.4) is 0 Å². The van der Waals surface area contributed by atoms with Gasteiger partial charge in [-0.05, 0) is 37.6 Å². The van der Waals surface area contributed by atoms with Crippen LogP contribution in [0.25, 0.3) is 0 Å². The molecule has 0 spiro atoms. The summed E-state index contributed by atoms with van der Waals surface area (Å²) in [5.74, 6) is 0. The number of hydrogen-bond acceptors (Lipinski definition) is 1. The summed E-state index contributed by atoms with van der Waals surface area (Å²) in [4.78, 5) is 0. The van der Waals surface area contributed by atoms with Crippen molar-refractivity contribution in [3.05, 3.63) is 34.9 Å². The zero-order chi connectivity index (χ0) is 14.4. The highest BCUT2D eigenvalue weighted by atomic mass is 19.4. The minimum atomic E-state index is -4.82. The number of aliphatic hydroxyl groups is 1. The van der Waals surface area contributed by atoms with Gasteiger partial charge in [0.1, 0.15) is 0 Å². The maximum atomic E-state index is 12.6. The molecule has 1 rings (SSSR count). The highest BCUT2D eigenvalue weighted by Gasteiger charge is 2.40. The predicted octanol–water partition coefficient (Wildman–Crippen LogP) is 3.95. The Morgan fingerprint density at radius 3 is 1.67 bits per heavy atom. The van der Waals surface area contributed by atoms with E-state index in [0.717, 1.165) is 13.8 Å². The van der Waals surface area contributed by atoms with Gasteiger partial charge in [-0.25, -0.2) is 0 Å². The summed E-state index contributed by atoms with van der Waals surface area (Å²) in [5.41, 5.74) is -5.33. The molecule has 0 aromatic heterocycles. The first-order valence-electron chi connectivity index (χ1n) is 4.85. The average molecular weight is 272 g/mol. The van der Waals surface area contributed by atoms with Crippen molar-refractivity contribution in [3.8, 4) is 0 Å². The minimum Gasteiger partial charge on any atom is -0.386 e. The van der Waals surface area contributed by atoms with E-state index >= 15 is 0 Å². The summed E-state index contributed by atoms with van der Waals surface area (Å²) in [6.07, 6.45) is -9.58. The summed E-state index contributed by atoms with van der Waals surface area (Å²) in [6.45, 7) is 2.00. The van der Waals surface area contributed by atoms with Gasteiger partial charge >= 0.3 is 12.4 Å². The second-order valence-electron chi connectivity index (χ2n) is 4.31. The summed E-state index contributed by atoms with van der Waals surface area (Å²) in [7, 11) is 0. The van der Waals surface area contributed by atoms with Gasteiger partial charge in [-0.2, -0.15) is 26.3 Å². The van der Waals surface area contributed by atoms with Crippen LogP contribution in [0.2, 0.25) is 0 Å². The van der Waals surface area contributed by atoms with Crippen LogP contribution in [0.5, 0.6) is 0 Å². The van der Waals surface area contributed by atoms with Crippen molar-refractivity contribution in [2.45, 2.75) is 31.8 Å². The first kappa shape index (κ1) is 14.8. The van der Waals surface area contributed by atoms with Crippen LogP contribution in [0.15, 0.2) is 18.2 Å². The molecule has 0 amide bonds. The van der Waals surface area contributed by atoms with Crippen molar-refractivity contribution in [2.24, 2.45) is 0 Å². The Labute approximate surface area is 99.0 Å². The SMILES string of the molecule is CC(C)(O)c1cc(C(F)(F)F)ccc1C(F)(F)F. The van der Waals surface area contributed by atoms with Crippen LogP contribution in [0.4, 0.5) is 26.3 Å². The van der Waals surface area contributed by atoms with Gasteiger partial charge in [0.05, 0.1) is 16.7 Å². The number of halogens is 6. The molecule has 102 valence electrons. The Bertz CT molecular complexity index is 438. The van der Waals surface area contributed by atoms with Crippen LogP contribution in [-0.4, -0.2) is 5.11 Å². The van der Waals surface area contributed by atoms with Gasteiger partial charge in [-0.15, -0.1) is 0 Å². The van der Waals surface area contributed by atoms with Crippen molar-refractivity contribution in [1.82, 2.24) is 0 Å². The lowest BCUT2D eigenvalue weighted by Crippen LogP contribution is -2.23. The zero-order valence-electron chi connectivity index (χ0n) is 9.45. The molecule has 0 saturated carbocycles. The van der Waals surface area contributed by atoms with Gasteiger partial charge in [-0.1, -0.05) is 0 Å². The molecule has 1 aromatic carbocycles. The Balaban J connectivity index is 3.50. The molecule has 0 aliphatic rings. The highest BCUT2D eigenvalue weighted by molar-refractivity contribution is 5.38. The first-order chi connectivity index (χ1) is 7.83. The lowest BCUT2D eigenvalue weighted by atomic mass is 9.91. The Morgan fingerprint density at radius 1 is 0.833 bits per heavy atom. The predicted molar refractivity (Wildman–Crippen MR) is 51.7 cm³/mol. The van der Waals surface area contributed by atoms with E-state index < -0.39 is 34.6 Å². The van der Waals surface area contributed by atoms with Gasteiger partial charge < -0.3 is 5.11 Å². The van der Waals surface area contributed by atoms with Crippen LogP contribution >= 0.6 is 0 Å². The van der Waals surface area contributed by atoms with E-state index in [1.807, 2.05) is 0 Å². The molecule has 0 aliphatic heterocycles. The van der Waals surface area contributed by atoms with Crippen molar-refractivity contribution < 1.29 is 31.4 Å².